The third-order valence-corrected chi connectivity index (χ3v) is 4.55. The highest BCUT2D eigenvalue weighted by Gasteiger charge is 2.32. The van der Waals surface area contributed by atoms with Crippen molar-refractivity contribution >= 4 is 15.9 Å². The van der Waals surface area contributed by atoms with Crippen molar-refractivity contribution in [2.75, 3.05) is 13.2 Å². The smallest absolute Gasteiger partial charge is 0.124 e. The molecule has 0 unspecified atom stereocenters. The van der Waals surface area contributed by atoms with Gasteiger partial charge in [0.1, 0.15) is 5.82 Å². The molecule has 0 saturated heterocycles. The fourth-order valence-corrected chi connectivity index (χ4v) is 2.87. The zero-order valence-electron chi connectivity index (χ0n) is 11.8. The van der Waals surface area contributed by atoms with Crippen LogP contribution in [-0.4, -0.2) is 23.4 Å². The average Bonchev–Trinajstić information content (AvgIpc) is 2.48. The van der Waals surface area contributed by atoms with E-state index in [9.17, 15) is 14.6 Å². The molecule has 0 aromatic heterocycles. The molecule has 0 aliphatic carbocycles. The molecule has 2 N–H and O–H groups in total. The highest BCUT2D eigenvalue weighted by atomic mass is 79.9. The molecule has 21 heavy (non-hydrogen) atoms. The molecule has 0 heterocycles. The molecule has 0 aliphatic heterocycles. The quantitative estimate of drug-likeness (QED) is 0.866. The van der Waals surface area contributed by atoms with Gasteiger partial charge in [-0.2, -0.15) is 0 Å². The van der Waals surface area contributed by atoms with Crippen molar-refractivity contribution in [2.24, 2.45) is 0 Å². The number of rotatable bonds is 5. The summed E-state index contributed by atoms with van der Waals surface area (Å²) < 4.78 is 13.8. The summed E-state index contributed by atoms with van der Waals surface area (Å²) in [7, 11) is 0. The SMILES string of the molecule is Cc1ccc(C(CO)(CO)Cc2ccc(F)cc2Br)cc1. The number of hydrogen-bond acceptors (Lipinski definition) is 2. The highest BCUT2D eigenvalue weighted by molar-refractivity contribution is 9.10. The lowest BCUT2D eigenvalue weighted by Crippen LogP contribution is -2.37. The second-order valence-corrected chi connectivity index (χ2v) is 6.23. The zero-order chi connectivity index (χ0) is 15.5. The number of aryl methyl sites for hydroxylation is 1. The van der Waals surface area contributed by atoms with Gasteiger partial charge in [-0.3, -0.25) is 0 Å². The fourth-order valence-electron chi connectivity index (χ4n) is 2.38. The van der Waals surface area contributed by atoms with E-state index in [1.807, 2.05) is 31.2 Å². The van der Waals surface area contributed by atoms with E-state index in [4.69, 9.17) is 0 Å². The van der Waals surface area contributed by atoms with Gasteiger partial charge in [0.2, 0.25) is 0 Å². The van der Waals surface area contributed by atoms with Crippen LogP contribution in [0.25, 0.3) is 0 Å². The highest BCUT2D eigenvalue weighted by Crippen LogP contribution is 2.31. The molecule has 2 nitrogen and oxygen atoms in total. The minimum Gasteiger partial charge on any atom is -0.395 e. The maximum atomic E-state index is 13.2. The van der Waals surface area contributed by atoms with E-state index in [-0.39, 0.29) is 19.0 Å². The second-order valence-electron chi connectivity index (χ2n) is 5.38. The summed E-state index contributed by atoms with van der Waals surface area (Å²) in [5, 5.41) is 19.7. The van der Waals surface area contributed by atoms with E-state index in [2.05, 4.69) is 15.9 Å². The van der Waals surface area contributed by atoms with Crippen LogP contribution in [0.15, 0.2) is 46.9 Å². The van der Waals surface area contributed by atoms with Gasteiger partial charge in [-0.25, -0.2) is 4.39 Å². The first-order chi connectivity index (χ1) is 10.0. The van der Waals surface area contributed by atoms with Gasteiger partial charge in [0, 0.05) is 9.89 Å². The maximum Gasteiger partial charge on any atom is 0.124 e. The molecule has 2 aromatic carbocycles. The molecule has 0 radical (unpaired) electrons. The fraction of sp³-hybridized carbons (Fsp3) is 0.294. The van der Waals surface area contributed by atoms with Crippen LogP contribution in [0, 0.1) is 12.7 Å². The molecule has 2 aromatic rings. The Labute approximate surface area is 132 Å². The van der Waals surface area contributed by atoms with Gasteiger partial charge >= 0.3 is 0 Å². The normalized spacial score (nSPS) is 11.7. The number of aliphatic hydroxyl groups is 2. The summed E-state index contributed by atoms with van der Waals surface area (Å²) in [4.78, 5) is 0. The Morgan fingerprint density at radius 1 is 1.05 bits per heavy atom. The Bertz CT molecular complexity index is 607. The lowest BCUT2D eigenvalue weighted by atomic mass is 9.76. The molecule has 0 atom stereocenters. The van der Waals surface area contributed by atoms with Crippen LogP contribution in [0.4, 0.5) is 4.39 Å². The summed E-state index contributed by atoms with van der Waals surface area (Å²) in [6, 6.07) is 12.2. The summed E-state index contributed by atoms with van der Waals surface area (Å²) in [5.74, 6) is -0.320. The van der Waals surface area contributed by atoms with Crippen LogP contribution < -0.4 is 0 Å². The third-order valence-electron chi connectivity index (χ3n) is 3.81. The number of halogens is 2. The second kappa shape index (κ2) is 6.69. The van der Waals surface area contributed by atoms with E-state index < -0.39 is 5.41 Å². The van der Waals surface area contributed by atoms with Crippen molar-refractivity contribution in [2.45, 2.75) is 18.8 Å². The Kier molecular flexibility index (Phi) is 5.14. The monoisotopic (exact) mass is 352 g/mol. The summed E-state index contributed by atoms with van der Waals surface area (Å²) in [6.07, 6.45) is 0.421. The van der Waals surface area contributed by atoms with Crippen molar-refractivity contribution in [3.63, 3.8) is 0 Å². The van der Waals surface area contributed by atoms with Crippen molar-refractivity contribution in [1.29, 1.82) is 0 Å². The van der Waals surface area contributed by atoms with Gasteiger partial charge in [-0.1, -0.05) is 51.8 Å². The lowest BCUT2D eigenvalue weighted by Gasteiger charge is -2.31. The molecular formula is C17H18BrFO2. The molecule has 0 saturated carbocycles. The Morgan fingerprint density at radius 3 is 2.19 bits per heavy atom. The first kappa shape index (κ1) is 16.1. The molecule has 0 bridgehead atoms. The van der Waals surface area contributed by atoms with Crippen molar-refractivity contribution in [3.8, 4) is 0 Å². The molecule has 0 aliphatic rings. The molecule has 112 valence electrons. The van der Waals surface area contributed by atoms with Gasteiger partial charge in [0.05, 0.1) is 13.2 Å². The van der Waals surface area contributed by atoms with Gasteiger partial charge < -0.3 is 10.2 Å². The minimum absolute atomic E-state index is 0.184. The van der Waals surface area contributed by atoms with Crippen LogP contribution in [0.5, 0.6) is 0 Å². The van der Waals surface area contributed by atoms with Crippen LogP contribution in [0.1, 0.15) is 16.7 Å². The van der Waals surface area contributed by atoms with E-state index in [0.717, 1.165) is 16.7 Å². The van der Waals surface area contributed by atoms with Crippen LogP contribution in [-0.2, 0) is 11.8 Å². The number of hydrogen-bond donors (Lipinski definition) is 2. The summed E-state index contributed by atoms with van der Waals surface area (Å²) in [6.45, 7) is 1.62. The van der Waals surface area contributed by atoms with Crippen LogP contribution >= 0.6 is 15.9 Å². The van der Waals surface area contributed by atoms with Gasteiger partial charge in [-0.05, 0) is 36.6 Å². The Morgan fingerprint density at radius 2 is 1.67 bits per heavy atom. The maximum absolute atomic E-state index is 13.2. The predicted molar refractivity (Wildman–Crippen MR) is 84.8 cm³/mol. The average molecular weight is 353 g/mol. The van der Waals surface area contributed by atoms with E-state index in [0.29, 0.717) is 10.9 Å². The van der Waals surface area contributed by atoms with Crippen molar-refractivity contribution in [3.05, 3.63) is 69.4 Å². The molecule has 4 heteroatoms. The largest absolute Gasteiger partial charge is 0.395 e. The standard InChI is InChI=1S/C17H18BrFO2/c1-12-2-5-14(6-3-12)17(10-20,11-21)9-13-4-7-15(19)8-16(13)18/h2-8,20-21H,9-11H2,1H3. The summed E-state index contributed by atoms with van der Waals surface area (Å²) in [5.41, 5.74) is 2.05. The topological polar surface area (TPSA) is 40.5 Å². The molecule has 0 amide bonds. The molecule has 0 fully saturated rings. The Hall–Kier alpha value is -1.23. The van der Waals surface area contributed by atoms with Crippen molar-refractivity contribution in [1.82, 2.24) is 0 Å². The molecule has 2 rings (SSSR count). The third kappa shape index (κ3) is 3.51. The minimum atomic E-state index is -0.784. The zero-order valence-corrected chi connectivity index (χ0v) is 13.4. The lowest BCUT2D eigenvalue weighted by molar-refractivity contribution is 0.116. The molecular weight excluding hydrogens is 335 g/mol. The van der Waals surface area contributed by atoms with E-state index >= 15 is 0 Å². The Balaban J connectivity index is 2.40. The molecule has 0 spiro atoms. The van der Waals surface area contributed by atoms with Crippen LogP contribution in [0.2, 0.25) is 0 Å². The predicted octanol–water partition coefficient (Wildman–Crippen LogP) is 3.36. The van der Waals surface area contributed by atoms with Crippen LogP contribution in [0.3, 0.4) is 0 Å². The van der Waals surface area contributed by atoms with Gasteiger partial charge in [-0.15, -0.1) is 0 Å². The van der Waals surface area contributed by atoms with Crippen molar-refractivity contribution < 1.29 is 14.6 Å². The van der Waals surface area contributed by atoms with E-state index in [1.165, 1.54) is 12.1 Å². The van der Waals surface area contributed by atoms with Gasteiger partial charge in [0.25, 0.3) is 0 Å². The first-order valence-electron chi connectivity index (χ1n) is 6.73. The summed E-state index contributed by atoms with van der Waals surface area (Å²) >= 11 is 3.34. The number of aliphatic hydroxyl groups excluding tert-OH is 2. The van der Waals surface area contributed by atoms with Gasteiger partial charge in [0.15, 0.2) is 0 Å². The first-order valence-corrected chi connectivity index (χ1v) is 7.53. The van der Waals surface area contributed by atoms with E-state index in [1.54, 1.807) is 6.07 Å². The number of benzene rings is 2.